The van der Waals surface area contributed by atoms with Crippen molar-refractivity contribution < 1.29 is 14.4 Å². The Morgan fingerprint density at radius 1 is 1.30 bits per heavy atom. The molecule has 0 atom stereocenters. The highest BCUT2D eigenvalue weighted by molar-refractivity contribution is 5.96. The Bertz CT molecular complexity index is 521. The fourth-order valence-electron chi connectivity index (χ4n) is 1.75. The highest BCUT2D eigenvalue weighted by Crippen LogP contribution is 2.10. The van der Waals surface area contributed by atoms with E-state index in [9.17, 15) is 14.4 Å². The van der Waals surface area contributed by atoms with Crippen LogP contribution in [0.1, 0.15) is 16.5 Å². The van der Waals surface area contributed by atoms with Crippen LogP contribution in [0.15, 0.2) is 6.20 Å². The lowest BCUT2D eigenvalue weighted by Crippen LogP contribution is -2.44. The van der Waals surface area contributed by atoms with Crippen LogP contribution in [-0.4, -0.2) is 63.8 Å². The van der Waals surface area contributed by atoms with Gasteiger partial charge >= 0.3 is 0 Å². The van der Waals surface area contributed by atoms with Gasteiger partial charge < -0.3 is 21.7 Å². The van der Waals surface area contributed by atoms with Crippen molar-refractivity contribution in [2.75, 3.05) is 26.2 Å². The quantitative estimate of drug-likeness (QED) is 0.501. The molecule has 10 heteroatoms. The third-order valence-electron chi connectivity index (χ3n) is 2.84. The molecule has 10 nitrogen and oxygen atoms in total. The zero-order valence-electron chi connectivity index (χ0n) is 10.7. The molecule has 1 aromatic heterocycles. The van der Waals surface area contributed by atoms with Gasteiger partial charge in [0.1, 0.15) is 13.1 Å². The molecule has 1 aromatic rings. The second-order valence-corrected chi connectivity index (χ2v) is 4.49. The molecule has 5 N–H and O–H groups in total. The summed E-state index contributed by atoms with van der Waals surface area (Å²) in [6.45, 7) is 0.700. The molecule has 1 aliphatic heterocycles. The van der Waals surface area contributed by atoms with Crippen LogP contribution < -0.4 is 16.8 Å². The van der Waals surface area contributed by atoms with Gasteiger partial charge in [0.25, 0.3) is 5.91 Å². The van der Waals surface area contributed by atoms with Gasteiger partial charge in [-0.1, -0.05) is 5.21 Å². The van der Waals surface area contributed by atoms with Gasteiger partial charge in [0, 0.05) is 13.1 Å². The van der Waals surface area contributed by atoms with Crippen LogP contribution in [0.5, 0.6) is 0 Å². The summed E-state index contributed by atoms with van der Waals surface area (Å²) in [4.78, 5) is 34.9. The highest BCUT2D eigenvalue weighted by Gasteiger charge is 2.25. The fourth-order valence-corrected chi connectivity index (χ4v) is 1.75. The topological polar surface area (TPSA) is 149 Å². The van der Waals surface area contributed by atoms with E-state index in [4.69, 9.17) is 11.5 Å². The van der Waals surface area contributed by atoms with Gasteiger partial charge in [-0.2, -0.15) is 0 Å². The van der Waals surface area contributed by atoms with E-state index in [1.54, 1.807) is 4.68 Å². The Kier molecular flexibility index (Phi) is 3.94. The number of hydrogen-bond acceptors (Lipinski definition) is 6. The molecule has 0 spiro atoms. The highest BCUT2D eigenvalue weighted by atomic mass is 16.2. The molecular formula is C10H15N7O3. The van der Waals surface area contributed by atoms with Crippen molar-refractivity contribution in [1.82, 2.24) is 25.2 Å². The average Bonchev–Trinajstić information content (AvgIpc) is 2.72. The Labute approximate surface area is 114 Å². The normalized spacial score (nSPS) is 14.6. The molecule has 108 valence electrons. The minimum atomic E-state index is -0.741. The number of primary amides is 2. The lowest BCUT2D eigenvalue weighted by Gasteiger charge is -2.26. The standard InChI is InChI=1S/C10H15N7O3/c11-8(18)4-16(5-9(12)19)10(20)7-3-17(15-14-7)6-1-13-2-6/h3,6,13H,1-2,4-5H2,(H2,11,18)(H2,12,19). The molecule has 0 unspecified atom stereocenters. The van der Waals surface area contributed by atoms with Crippen molar-refractivity contribution in [3.05, 3.63) is 11.9 Å². The summed E-state index contributed by atoms with van der Waals surface area (Å²) < 4.78 is 1.57. The van der Waals surface area contributed by atoms with Gasteiger partial charge in [0.2, 0.25) is 11.8 Å². The van der Waals surface area contributed by atoms with Crippen molar-refractivity contribution in [1.29, 1.82) is 0 Å². The van der Waals surface area contributed by atoms with Gasteiger partial charge in [-0.05, 0) is 0 Å². The maximum Gasteiger partial charge on any atom is 0.276 e. The van der Waals surface area contributed by atoms with E-state index in [2.05, 4.69) is 15.6 Å². The lowest BCUT2D eigenvalue weighted by atomic mass is 10.2. The van der Waals surface area contributed by atoms with Gasteiger partial charge in [-0.3, -0.25) is 14.4 Å². The van der Waals surface area contributed by atoms with Crippen LogP contribution in [-0.2, 0) is 9.59 Å². The molecule has 1 fully saturated rings. The lowest BCUT2D eigenvalue weighted by molar-refractivity contribution is -0.121. The van der Waals surface area contributed by atoms with E-state index in [0.717, 1.165) is 18.0 Å². The number of nitrogens with two attached hydrogens (primary N) is 2. The molecule has 1 aliphatic rings. The maximum atomic E-state index is 12.1. The third-order valence-corrected chi connectivity index (χ3v) is 2.84. The van der Waals surface area contributed by atoms with Crippen LogP contribution in [0.2, 0.25) is 0 Å². The van der Waals surface area contributed by atoms with Gasteiger partial charge in [0.05, 0.1) is 12.2 Å². The average molecular weight is 281 g/mol. The summed E-state index contributed by atoms with van der Waals surface area (Å²) in [7, 11) is 0. The second-order valence-electron chi connectivity index (χ2n) is 4.49. The first kappa shape index (κ1) is 13.9. The summed E-state index contributed by atoms with van der Waals surface area (Å²) in [5.41, 5.74) is 10.1. The Morgan fingerprint density at radius 3 is 2.35 bits per heavy atom. The molecule has 0 aliphatic carbocycles. The second kappa shape index (κ2) is 5.65. The molecular weight excluding hydrogens is 266 g/mol. The van der Waals surface area contributed by atoms with E-state index < -0.39 is 30.8 Å². The van der Waals surface area contributed by atoms with Crippen LogP contribution in [0, 0.1) is 0 Å². The predicted octanol–water partition coefficient (Wildman–Crippen LogP) is -3.16. The first-order valence-electron chi connectivity index (χ1n) is 5.96. The Morgan fingerprint density at radius 2 is 1.90 bits per heavy atom. The van der Waals surface area contributed by atoms with E-state index in [-0.39, 0.29) is 11.7 Å². The van der Waals surface area contributed by atoms with Gasteiger partial charge in [-0.15, -0.1) is 5.10 Å². The molecule has 0 saturated carbocycles. The zero-order valence-corrected chi connectivity index (χ0v) is 10.7. The van der Waals surface area contributed by atoms with Crippen molar-refractivity contribution >= 4 is 17.7 Å². The van der Waals surface area contributed by atoms with Gasteiger partial charge in [0.15, 0.2) is 5.69 Å². The van der Waals surface area contributed by atoms with Gasteiger partial charge in [-0.25, -0.2) is 4.68 Å². The summed E-state index contributed by atoms with van der Waals surface area (Å²) in [5.74, 6) is -2.09. The van der Waals surface area contributed by atoms with E-state index in [1.807, 2.05) is 0 Å². The van der Waals surface area contributed by atoms with Crippen LogP contribution in [0.25, 0.3) is 0 Å². The number of nitrogens with zero attached hydrogens (tertiary/aromatic N) is 4. The molecule has 3 amide bonds. The fraction of sp³-hybridized carbons (Fsp3) is 0.500. The number of hydrogen-bond donors (Lipinski definition) is 3. The Hall–Kier alpha value is -2.49. The van der Waals surface area contributed by atoms with Crippen LogP contribution in [0.4, 0.5) is 0 Å². The van der Waals surface area contributed by atoms with Crippen LogP contribution in [0.3, 0.4) is 0 Å². The van der Waals surface area contributed by atoms with E-state index in [1.165, 1.54) is 6.20 Å². The molecule has 0 bridgehead atoms. The summed E-state index contributed by atoms with van der Waals surface area (Å²) >= 11 is 0. The largest absolute Gasteiger partial charge is 0.368 e. The number of amides is 3. The molecule has 2 rings (SSSR count). The predicted molar refractivity (Wildman–Crippen MR) is 66.2 cm³/mol. The smallest absolute Gasteiger partial charge is 0.276 e. The molecule has 0 aromatic carbocycles. The third kappa shape index (κ3) is 3.09. The number of carbonyl (C=O) groups is 3. The minimum absolute atomic E-state index is 0.0411. The number of nitrogens with one attached hydrogen (secondary N) is 1. The van der Waals surface area contributed by atoms with Crippen molar-refractivity contribution in [3.8, 4) is 0 Å². The molecule has 0 radical (unpaired) electrons. The SMILES string of the molecule is NC(=O)CN(CC(N)=O)C(=O)c1cn(C2CNC2)nn1. The Balaban J connectivity index is 2.10. The number of aromatic nitrogens is 3. The van der Waals surface area contributed by atoms with E-state index >= 15 is 0 Å². The molecule has 20 heavy (non-hydrogen) atoms. The van der Waals surface area contributed by atoms with Crippen molar-refractivity contribution in [2.24, 2.45) is 11.5 Å². The van der Waals surface area contributed by atoms with Crippen LogP contribution >= 0.6 is 0 Å². The van der Waals surface area contributed by atoms with Crippen molar-refractivity contribution in [2.45, 2.75) is 6.04 Å². The molecule has 1 saturated heterocycles. The summed E-state index contributed by atoms with van der Waals surface area (Å²) in [6.07, 6.45) is 1.48. The van der Waals surface area contributed by atoms with Crippen molar-refractivity contribution in [3.63, 3.8) is 0 Å². The minimum Gasteiger partial charge on any atom is -0.368 e. The summed E-state index contributed by atoms with van der Waals surface area (Å²) in [6, 6.07) is 0.157. The number of rotatable bonds is 6. The first-order valence-corrected chi connectivity index (χ1v) is 5.96. The summed E-state index contributed by atoms with van der Waals surface area (Å²) in [5, 5.41) is 10.7. The zero-order chi connectivity index (χ0) is 14.7. The maximum absolute atomic E-state index is 12.1. The first-order chi connectivity index (χ1) is 9.47. The molecule has 2 heterocycles. The number of carbonyl (C=O) groups excluding carboxylic acids is 3. The monoisotopic (exact) mass is 281 g/mol. The van der Waals surface area contributed by atoms with E-state index in [0.29, 0.717) is 0 Å².